The molecule has 0 saturated heterocycles. The summed E-state index contributed by atoms with van der Waals surface area (Å²) in [4.78, 5) is 37.6. The molecule has 0 saturated carbocycles. The number of rotatable bonds is 9. The fourth-order valence-electron chi connectivity index (χ4n) is 4.13. The normalized spacial score (nSPS) is 11.2. The van der Waals surface area contributed by atoms with Gasteiger partial charge < -0.3 is 26.4 Å². The number of aliphatic hydroxyl groups is 1. The van der Waals surface area contributed by atoms with E-state index < -0.39 is 6.23 Å². The molecule has 0 heterocycles. The summed E-state index contributed by atoms with van der Waals surface area (Å²) in [5, 5.41) is 22.1. The topological polar surface area (TPSA) is 120 Å². The molecule has 0 aromatic heterocycles. The monoisotopic (exact) mass is 556 g/mol. The molecule has 0 aliphatic heterocycles. The van der Waals surface area contributed by atoms with Crippen molar-refractivity contribution >= 4 is 40.5 Å². The molecule has 1 unspecified atom stereocenters. The van der Waals surface area contributed by atoms with E-state index in [1.54, 1.807) is 84.9 Å². The average molecular weight is 557 g/mol. The van der Waals surface area contributed by atoms with Crippen LogP contribution in [0.1, 0.15) is 42.9 Å². The number of para-hydroxylation sites is 2. The highest BCUT2D eigenvalue weighted by Gasteiger charge is 2.12. The zero-order chi connectivity index (χ0) is 29.3. The van der Waals surface area contributed by atoms with Gasteiger partial charge in [-0.15, -0.1) is 0 Å². The van der Waals surface area contributed by atoms with Crippen molar-refractivity contribution in [1.29, 1.82) is 0 Å². The molecule has 0 bridgehead atoms. The molecule has 1 atom stereocenters. The van der Waals surface area contributed by atoms with E-state index in [2.05, 4.69) is 21.3 Å². The number of aliphatic hydroxyl groups excluding tert-OH is 1. The lowest BCUT2D eigenvalue weighted by Crippen LogP contribution is -2.14. The van der Waals surface area contributed by atoms with Gasteiger partial charge in [0.2, 0.25) is 0 Å². The molecule has 5 aromatic rings. The van der Waals surface area contributed by atoms with Crippen LogP contribution in [0, 0.1) is 0 Å². The van der Waals surface area contributed by atoms with Crippen molar-refractivity contribution in [2.45, 2.75) is 6.23 Å². The van der Waals surface area contributed by atoms with Crippen molar-refractivity contribution in [2.75, 3.05) is 21.3 Å². The second-order valence-corrected chi connectivity index (χ2v) is 9.42. The molecule has 0 fully saturated rings. The number of hydrogen-bond donors (Lipinski definition) is 5. The standard InChI is InChI=1S/C34H28N4O4/c39-31(35-27-7-3-1-4-8-27)23-11-15-25(16-12-23)33(41)37-29-19-21-30(22-20-29)38-34(42)26-17-13-24(14-18-26)32(40)36-28-9-5-2-6-10-28/h1-22,33,37,41H,(H,35,39)(H,36,40)(H,38,42). The summed E-state index contributed by atoms with van der Waals surface area (Å²) in [6.07, 6.45) is -1.01. The van der Waals surface area contributed by atoms with Crippen LogP contribution in [-0.2, 0) is 0 Å². The number of anilines is 4. The maximum Gasteiger partial charge on any atom is 0.255 e. The maximum atomic E-state index is 12.7. The van der Waals surface area contributed by atoms with E-state index in [0.29, 0.717) is 45.0 Å². The predicted molar refractivity (Wildman–Crippen MR) is 165 cm³/mol. The lowest BCUT2D eigenvalue weighted by Gasteiger charge is -2.15. The van der Waals surface area contributed by atoms with Gasteiger partial charge in [0.1, 0.15) is 0 Å². The minimum atomic E-state index is -1.01. The lowest BCUT2D eigenvalue weighted by atomic mass is 10.1. The molecule has 0 aliphatic rings. The van der Waals surface area contributed by atoms with E-state index in [1.807, 2.05) is 48.5 Å². The van der Waals surface area contributed by atoms with Gasteiger partial charge in [-0.05, 0) is 84.9 Å². The third-order valence-electron chi connectivity index (χ3n) is 6.41. The summed E-state index contributed by atoms with van der Waals surface area (Å²) < 4.78 is 0. The number of amides is 3. The highest BCUT2D eigenvalue weighted by Crippen LogP contribution is 2.21. The Labute approximate surface area is 243 Å². The van der Waals surface area contributed by atoms with Gasteiger partial charge in [-0.3, -0.25) is 14.4 Å². The number of benzene rings is 5. The molecule has 5 aromatic carbocycles. The largest absolute Gasteiger partial charge is 0.369 e. The van der Waals surface area contributed by atoms with Crippen molar-refractivity contribution in [3.05, 3.63) is 156 Å². The van der Waals surface area contributed by atoms with Crippen LogP contribution in [0.3, 0.4) is 0 Å². The van der Waals surface area contributed by atoms with E-state index in [0.717, 1.165) is 0 Å². The molecule has 3 amide bonds. The Morgan fingerprint density at radius 2 is 0.762 bits per heavy atom. The first-order chi connectivity index (χ1) is 20.4. The summed E-state index contributed by atoms with van der Waals surface area (Å²) in [5.41, 5.74) is 4.51. The Kier molecular flexibility index (Phi) is 8.67. The molecule has 208 valence electrons. The molecule has 0 aliphatic carbocycles. The van der Waals surface area contributed by atoms with Gasteiger partial charge in [0.15, 0.2) is 6.23 Å². The second-order valence-electron chi connectivity index (χ2n) is 9.42. The summed E-state index contributed by atoms with van der Waals surface area (Å²) in [5.74, 6) is -0.817. The van der Waals surface area contributed by atoms with Gasteiger partial charge in [0, 0.05) is 45.0 Å². The fourth-order valence-corrected chi connectivity index (χ4v) is 4.13. The minimum absolute atomic E-state index is 0.239. The summed E-state index contributed by atoms with van der Waals surface area (Å²) >= 11 is 0. The van der Waals surface area contributed by atoms with Gasteiger partial charge in [-0.25, -0.2) is 0 Å². The van der Waals surface area contributed by atoms with E-state index >= 15 is 0 Å². The van der Waals surface area contributed by atoms with E-state index in [9.17, 15) is 19.5 Å². The van der Waals surface area contributed by atoms with E-state index in [4.69, 9.17) is 0 Å². The van der Waals surface area contributed by atoms with Gasteiger partial charge >= 0.3 is 0 Å². The van der Waals surface area contributed by atoms with Gasteiger partial charge in [-0.1, -0.05) is 48.5 Å². The van der Waals surface area contributed by atoms with Crippen molar-refractivity contribution in [3.63, 3.8) is 0 Å². The summed E-state index contributed by atoms with van der Waals surface area (Å²) in [6.45, 7) is 0. The molecular formula is C34H28N4O4. The molecular weight excluding hydrogens is 528 g/mol. The van der Waals surface area contributed by atoms with Crippen LogP contribution < -0.4 is 21.3 Å². The quantitative estimate of drug-likeness (QED) is 0.132. The predicted octanol–water partition coefficient (Wildman–Crippen LogP) is 6.55. The SMILES string of the molecule is O=C(Nc1ccccc1)c1ccc(C(=O)Nc2ccc(NC(O)c3ccc(C(=O)Nc4ccccc4)cc3)cc2)cc1. The van der Waals surface area contributed by atoms with Crippen molar-refractivity contribution in [3.8, 4) is 0 Å². The third-order valence-corrected chi connectivity index (χ3v) is 6.41. The van der Waals surface area contributed by atoms with Crippen LogP contribution in [0.4, 0.5) is 22.7 Å². The Bertz CT molecular complexity index is 1660. The highest BCUT2D eigenvalue weighted by molar-refractivity contribution is 6.07. The molecule has 0 radical (unpaired) electrons. The molecule has 8 heteroatoms. The average Bonchev–Trinajstić information content (AvgIpc) is 3.03. The number of hydrogen-bond acceptors (Lipinski definition) is 5. The van der Waals surface area contributed by atoms with Crippen LogP contribution >= 0.6 is 0 Å². The number of carbonyl (C=O) groups excluding carboxylic acids is 3. The Morgan fingerprint density at radius 3 is 1.17 bits per heavy atom. The van der Waals surface area contributed by atoms with Crippen molar-refractivity contribution in [2.24, 2.45) is 0 Å². The summed E-state index contributed by atoms with van der Waals surface area (Å²) in [7, 11) is 0. The minimum Gasteiger partial charge on any atom is -0.369 e. The number of nitrogens with one attached hydrogen (secondary N) is 4. The van der Waals surface area contributed by atoms with Gasteiger partial charge in [0.25, 0.3) is 17.7 Å². The first kappa shape index (κ1) is 27.8. The van der Waals surface area contributed by atoms with E-state index in [1.165, 1.54) is 0 Å². The second kappa shape index (κ2) is 13.1. The van der Waals surface area contributed by atoms with Crippen LogP contribution in [0.2, 0.25) is 0 Å². The zero-order valence-corrected chi connectivity index (χ0v) is 22.5. The smallest absolute Gasteiger partial charge is 0.255 e. The third kappa shape index (κ3) is 7.26. The van der Waals surface area contributed by atoms with Crippen molar-refractivity contribution < 1.29 is 19.5 Å². The number of carbonyl (C=O) groups is 3. The Morgan fingerprint density at radius 1 is 0.429 bits per heavy atom. The molecule has 5 rings (SSSR count). The van der Waals surface area contributed by atoms with Crippen LogP contribution in [0.5, 0.6) is 0 Å². The first-order valence-corrected chi connectivity index (χ1v) is 13.2. The van der Waals surface area contributed by atoms with Crippen LogP contribution in [0.25, 0.3) is 0 Å². The lowest BCUT2D eigenvalue weighted by molar-refractivity contribution is 0.101. The molecule has 0 spiro atoms. The Balaban J connectivity index is 1.12. The van der Waals surface area contributed by atoms with Crippen LogP contribution in [-0.4, -0.2) is 22.8 Å². The zero-order valence-electron chi connectivity index (χ0n) is 22.5. The van der Waals surface area contributed by atoms with E-state index in [-0.39, 0.29) is 17.7 Å². The van der Waals surface area contributed by atoms with Crippen molar-refractivity contribution in [1.82, 2.24) is 0 Å². The molecule has 5 N–H and O–H groups in total. The fraction of sp³-hybridized carbons (Fsp3) is 0.0294. The highest BCUT2D eigenvalue weighted by atomic mass is 16.3. The summed E-state index contributed by atoms with van der Waals surface area (Å²) in [6, 6.07) is 38.3. The Hall–Kier alpha value is -5.73. The first-order valence-electron chi connectivity index (χ1n) is 13.2. The van der Waals surface area contributed by atoms with Gasteiger partial charge in [0.05, 0.1) is 0 Å². The maximum absolute atomic E-state index is 12.7. The van der Waals surface area contributed by atoms with Crippen LogP contribution in [0.15, 0.2) is 133 Å². The van der Waals surface area contributed by atoms with Gasteiger partial charge in [-0.2, -0.15) is 0 Å². The molecule has 42 heavy (non-hydrogen) atoms. The molecule has 8 nitrogen and oxygen atoms in total.